The minimum atomic E-state index is -0.970. The standard InChI is InChI=1S/C16H17NO4S/c1-10-7-12(9-21-10)16(20)17-14(8-15(18)19)11-3-5-13(22-2)6-4-11/h3-7,9,14H,8H2,1-2H3,(H,17,20)(H,18,19). The molecule has 0 spiro atoms. The summed E-state index contributed by atoms with van der Waals surface area (Å²) in [4.78, 5) is 24.3. The van der Waals surface area contributed by atoms with Crippen LogP contribution in [0.2, 0.25) is 0 Å². The highest BCUT2D eigenvalue weighted by Crippen LogP contribution is 2.22. The highest BCUT2D eigenvalue weighted by molar-refractivity contribution is 7.98. The van der Waals surface area contributed by atoms with Gasteiger partial charge in [-0.3, -0.25) is 9.59 Å². The largest absolute Gasteiger partial charge is 0.481 e. The Kier molecular flexibility index (Phi) is 5.27. The third kappa shape index (κ3) is 4.14. The molecule has 0 aliphatic heterocycles. The number of aryl methyl sites for hydroxylation is 1. The van der Waals surface area contributed by atoms with Crippen LogP contribution >= 0.6 is 11.8 Å². The molecule has 0 saturated carbocycles. The summed E-state index contributed by atoms with van der Waals surface area (Å²) in [6, 6.07) is 8.51. The second-order valence-corrected chi connectivity index (χ2v) is 5.72. The maximum atomic E-state index is 12.2. The number of carboxylic acid groups (broad SMARTS) is 1. The number of benzene rings is 1. The predicted octanol–water partition coefficient (Wildman–Crippen LogP) is 3.26. The van der Waals surface area contributed by atoms with Crippen molar-refractivity contribution in [2.75, 3.05) is 6.26 Å². The van der Waals surface area contributed by atoms with Crippen molar-refractivity contribution in [3.63, 3.8) is 0 Å². The first kappa shape index (κ1) is 16.2. The second-order valence-electron chi connectivity index (χ2n) is 4.84. The summed E-state index contributed by atoms with van der Waals surface area (Å²) in [5, 5.41) is 11.8. The van der Waals surface area contributed by atoms with E-state index in [2.05, 4.69) is 5.32 Å². The van der Waals surface area contributed by atoms with Gasteiger partial charge in [-0.2, -0.15) is 0 Å². The van der Waals surface area contributed by atoms with Crippen LogP contribution in [0.25, 0.3) is 0 Å². The van der Waals surface area contributed by atoms with Crippen molar-refractivity contribution in [1.82, 2.24) is 5.32 Å². The van der Waals surface area contributed by atoms with Crippen LogP contribution in [0.5, 0.6) is 0 Å². The number of furan rings is 1. The van der Waals surface area contributed by atoms with E-state index in [-0.39, 0.29) is 12.3 Å². The number of amides is 1. The highest BCUT2D eigenvalue weighted by Gasteiger charge is 2.19. The Bertz CT molecular complexity index is 663. The lowest BCUT2D eigenvalue weighted by Crippen LogP contribution is -2.29. The zero-order valence-electron chi connectivity index (χ0n) is 12.3. The molecular formula is C16H17NO4S. The minimum absolute atomic E-state index is 0.179. The average Bonchev–Trinajstić information content (AvgIpc) is 2.93. The minimum Gasteiger partial charge on any atom is -0.481 e. The van der Waals surface area contributed by atoms with Crippen molar-refractivity contribution in [1.29, 1.82) is 0 Å². The van der Waals surface area contributed by atoms with Crippen LogP contribution in [0.15, 0.2) is 45.9 Å². The van der Waals surface area contributed by atoms with E-state index in [1.54, 1.807) is 24.8 Å². The summed E-state index contributed by atoms with van der Waals surface area (Å²) < 4.78 is 5.10. The van der Waals surface area contributed by atoms with Crippen LogP contribution in [-0.2, 0) is 4.79 Å². The maximum absolute atomic E-state index is 12.2. The summed E-state index contributed by atoms with van der Waals surface area (Å²) in [6.45, 7) is 1.74. The number of hydrogen-bond donors (Lipinski definition) is 2. The monoisotopic (exact) mass is 319 g/mol. The first-order valence-electron chi connectivity index (χ1n) is 6.71. The number of rotatable bonds is 6. The van der Waals surface area contributed by atoms with Gasteiger partial charge in [0.2, 0.25) is 0 Å². The van der Waals surface area contributed by atoms with Crippen LogP contribution in [0, 0.1) is 6.92 Å². The number of thioether (sulfide) groups is 1. The van der Waals surface area contributed by atoms with Gasteiger partial charge in [0.05, 0.1) is 18.0 Å². The molecule has 0 aliphatic rings. The van der Waals surface area contributed by atoms with E-state index in [0.29, 0.717) is 11.3 Å². The summed E-state index contributed by atoms with van der Waals surface area (Å²) in [7, 11) is 0. The molecule has 2 rings (SSSR count). The quantitative estimate of drug-likeness (QED) is 0.799. The van der Waals surface area contributed by atoms with Crippen LogP contribution < -0.4 is 5.32 Å². The highest BCUT2D eigenvalue weighted by atomic mass is 32.2. The SMILES string of the molecule is CSc1ccc(C(CC(=O)O)NC(=O)c2coc(C)c2)cc1. The van der Waals surface area contributed by atoms with Crippen LogP contribution in [0.3, 0.4) is 0 Å². The van der Waals surface area contributed by atoms with E-state index in [1.165, 1.54) is 6.26 Å². The lowest BCUT2D eigenvalue weighted by atomic mass is 10.0. The second kappa shape index (κ2) is 7.17. The molecule has 2 aromatic rings. The number of carbonyl (C=O) groups excluding carboxylic acids is 1. The molecule has 5 nitrogen and oxygen atoms in total. The molecule has 0 radical (unpaired) electrons. The molecule has 22 heavy (non-hydrogen) atoms. The van der Waals surface area contributed by atoms with E-state index in [1.807, 2.05) is 30.5 Å². The molecule has 2 N–H and O–H groups in total. The summed E-state index contributed by atoms with van der Waals surface area (Å²) in [6.07, 6.45) is 3.15. The lowest BCUT2D eigenvalue weighted by molar-refractivity contribution is -0.137. The van der Waals surface area contributed by atoms with Gasteiger partial charge < -0.3 is 14.8 Å². The van der Waals surface area contributed by atoms with Gasteiger partial charge in [0.25, 0.3) is 5.91 Å². The topological polar surface area (TPSA) is 79.5 Å². The van der Waals surface area contributed by atoms with Crippen molar-refractivity contribution in [2.45, 2.75) is 24.3 Å². The van der Waals surface area contributed by atoms with Crippen molar-refractivity contribution in [3.05, 3.63) is 53.5 Å². The van der Waals surface area contributed by atoms with Crippen LogP contribution in [0.4, 0.5) is 0 Å². The average molecular weight is 319 g/mol. The van der Waals surface area contributed by atoms with E-state index < -0.39 is 12.0 Å². The fourth-order valence-corrected chi connectivity index (χ4v) is 2.48. The van der Waals surface area contributed by atoms with Gasteiger partial charge in [-0.05, 0) is 36.9 Å². The van der Waals surface area contributed by atoms with E-state index in [4.69, 9.17) is 9.52 Å². The van der Waals surface area contributed by atoms with E-state index in [9.17, 15) is 9.59 Å². The van der Waals surface area contributed by atoms with E-state index in [0.717, 1.165) is 10.5 Å². The van der Waals surface area contributed by atoms with Crippen LogP contribution in [0.1, 0.15) is 34.1 Å². The predicted molar refractivity (Wildman–Crippen MR) is 84.1 cm³/mol. The first-order chi connectivity index (χ1) is 10.5. The Labute approximate surface area is 132 Å². The van der Waals surface area contributed by atoms with Gasteiger partial charge in [-0.15, -0.1) is 11.8 Å². The Balaban J connectivity index is 2.18. The summed E-state index contributed by atoms with van der Waals surface area (Å²) >= 11 is 1.60. The van der Waals surface area contributed by atoms with Crippen molar-refractivity contribution >= 4 is 23.6 Å². The molecule has 0 aliphatic carbocycles. The fourth-order valence-electron chi connectivity index (χ4n) is 2.07. The molecule has 1 heterocycles. The molecular weight excluding hydrogens is 302 g/mol. The summed E-state index contributed by atoms with van der Waals surface area (Å²) in [5.41, 5.74) is 1.14. The molecule has 1 aromatic carbocycles. The van der Waals surface area contributed by atoms with E-state index >= 15 is 0 Å². The summed E-state index contributed by atoms with van der Waals surface area (Å²) in [5.74, 6) is -0.691. The fraction of sp³-hybridized carbons (Fsp3) is 0.250. The Morgan fingerprint density at radius 1 is 1.32 bits per heavy atom. The molecule has 116 valence electrons. The number of hydrogen-bond acceptors (Lipinski definition) is 4. The van der Waals surface area contributed by atoms with Gasteiger partial charge >= 0.3 is 5.97 Å². The molecule has 1 unspecified atom stereocenters. The molecule has 0 fully saturated rings. The van der Waals surface area contributed by atoms with Crippen molar-refractivity contribution in [3.8, 4) is 0 Å². The molecule has 1 atom stereocenters. The molecule has 6 heteroatoms. The number of nitrogens with one attached hydrogen (secondary N) is 1. The Hall–Kier alpha value is -2.21. The number of aliphatic carboxylic acids is 1. The van der Waals surface area contributed by atoms with Crippen molar-refractivity contribution in [2.24, 2.45) is 0 Å². The van der Waals surface area contributed by atoms with Crippen molar-refractivity contribution < 1.29 is 19.1 Å². The number of carbonyl (C=O) groups is 2. The third-order valence-corrected chi connectivity index (χ3v) is 3.94. The molecule has 0 bridgehead atoms. The van der Waals surface area contributed by atoms with Gasteiger partial charge in [-0.25, -0.2) is 0 Å². The number of carboxylic acids is 1. The van der Waals surface area contributed by atoms with Gasteiger partial charge in [0.15, 0.2) is 0 Å². The Morgan fingerprint density at radius 3 is 2.50 bits per heavy atom. The third-order valence-electron chi connectivity index (χ3n) is 3.19. The smallest absolute Gasteiger partial charge is 0.305 e. The van der Waals surface area contributed by atoms with Gasteiger partial charge in [0, 0.05) is 4.90 Å². The van der Waals surface area contributed by atoms with Crippen LogP contribution in [-0.4, -0.2) is 23.2 Å². The van der Waals surface area contributed by atoms with Gasteiger partial charge in [-0.1, -0.05) is 12.1 Å². The van der Waals surface area contributed by atoms with Gasteiger partial charge in [0.1, 0.15) is 12.0 Å². The normalized spacial score (nSPS) is 11.9. The molecule has 1 aromatic heterocycles. The molecule has 1 amide bonds. The lowest BCUT2D eigenvalue weighted by Gasteiger charge is -2.17. The first-order valence-corrected chi connectivity index (χ1v) is 7.94. The maximum Gasteiger partial charge on any atom is 0.305 e. The Morgan fingerprint density at radius 2 is 2.00 bits per heavy atom. The zero-order chi connectivity index (χ0) is 16.1. The zero-order valence-corrected chi connectivity index (χ0v) is 13.1. The molecule has 0 saturated heterocycles.